The van der Waals surface area contributed by atoms with Crippen LogP contribution >= 0.6 is 0 Å². The molecule has 2 nitrogen and oxygen atoms in total. The summed E-state index contributed by atoms with van der Waals surface area (Å²) in [5.74, 6) is -0.0512. The maximum Gasteiger partial charge on any atom is 0.245 e. The lowest BCUT2D eigenvalue weighted by Crippen LogP contribution is -2.19. The van der Waals surface area contributed by atoms with Crippen molar-refractivity contribution < 1.29 is 6.17 Å². The maximum absolute atomic E-state index is 10.9. The second-order valence-electron chi connectivity index (χ2n) is 2.22. The smallest absolute Gasteiger partial charge is 0.245 e. The van der Waals surface area contributed by atoms with Crippen molar-refractivity contribution in [1.82, 2.24) is 4.90 Å². The number of likely N-dealkylation sites (N-methyl/N-ethyl adjacent to an activating group) is 1. The lowest BCUT2D eigenvalue weighted by Gasteiger charge is -2.05. The van der Waals surface area contributed by atoms with E-state index in [1.54, 1.807) is 21.0 Å². The van der Waals surface area contributed by atoms with E-state index in [-0.39, 0.29) is 12.8 Å². The van der Waals surface area contributed by atoms with Crippen molar-refractivity contribution in [3.63, 3.8) is 0 Å². The number of amides is 1. The minimum absolute atomic E-state index is 0.0512. The Balaban J connectivity index is 4.00. The van der Waals surface area contributed by atoms with E-state index < -0.39 is 0 Å². The molecular weight excluding hydrogens is 114 g/mol. The van der Waals surface area contributed by atoms with Crippen LogP contribution in [-0.2, 0) is 4.79 Å². The van der Waals surface area contributed by atoms with Crippen LogP contribution < -0.4 is 0 Å². The molecule has 0 fully saturated rings. The molecule has 0 rings (SSSR count). The van der Waals surface area contributed by atoms with Crippen molar-refractivity contribution in [3.8, 4) is 0 Å². The number of hydrogen-bond donors (Lipinski definition) is 0. The molecule has 0 aliphatic heterocycles. The molecule has 0 saturated heterocycles. The lowest BCUT2D eigenvalue weighted by molar-refractivity contribution is -0.123. The fourth-order valence-corrected chi connectivity index (χ4v) is 0.340. The molecule has 2 heteroatoms. The van der Waals surface area contributed by atoms with Crippen LogP contribution in [0.25, 0.3) is 0 Å². The van der Waals surface area contributed by atoms with Gasteiger partial charge in [-0.2, -0.15) is 0 Å². The Bertz CT molecular complexity index is 152. The summed E-state index contributed by atoms with van der Waals surface area (Å²) in [7, 11) is 3.38. The van der Waals surface area contributed by atoms with Crippen molar-refractivity contribution in [1.29, 1.82) is 0 Å². The number of carbonyl (C=O) groups is 1. The van der Waals surface area contributed by atoms with Gasteiger partial charge in [-0.1, -0.05) is 5.57 Å². The summed E-state index contributed by atoms with van der Waals surface area (Å²) < 4.78 is 6.90. The van der Waals surface area contributed by atoms with Crippen LogP contribution in [-0.4, -0.2) is 24.9 Å². The highest BCUT2D eigenvalue weighted by Gasteiger charge is 1.95. The van der Waals surface area contributed by atoms with Crippen LogP contribution in [0.3, 0.4) is 0 Å². The van der Waals surface area contributed by atoms with E-state index in [2.05, 4.69) is 0 Å². The molecule has 0 heterocycles. The first-order chi connectivity index (χ1) is 4.57. The van der Waals surface area contributed by atoms with E-state index in [0.717, 1.165) is 5.57 Å². The predicted octanol–water partition coefficient (Wildman–Crippen LogP) is 1.04. The zero-order chi connectivity index (χ0) is 8.15. The average molecular weight is 128 g/mol. The van der Waals surface area contributed by atoms with Crippen LogP contribution in [0.15, 0.2) is 11.6 Å². The van der Waals surface area contributed by atoms with Gasteiger partial charge >= 0.3 is 0 Å². The van der Waals surface area contributed by atoms with E-state index in [1.807, 2.05) is 0 Å². The summed E-state index contributed by atoms with van der Waals surface area (Å²) in [6, 6.07) is 0. The molecule has 0 aromatic heterocycles. The zero-order valence-electron chi connectivity index (χ0n) is 7.14. The third kappa shape index (κ3) is 3.76. The first kappa shape index (κ1) is 6.33. The molecule has 0 aliphatic carbocycles. The quantitative estimate of drug-likeness (QED) is 0.483. The normalized spacial score (nSPS) is 12.8. The summed E-state index contributed by atoms with van der Waals surface area (Å²) in [6.45, 7) is 1.97. The summed E-state index contributed by atoms with van der Waals surface area (Å²) in [5, 5.41) is 0. The first-order valence-corrected chi connectivity index (χ1v) is 2.75. The molecule has 0 N–H and O–H groups in total. The van der Waals surface area contributed by atoms with E-state index in [4.69, 9.17) is 1.37 Å². The minimum atomic E-state index is -0.0512. The Kier molecular flexibility index (Phi) is 2.31. The molecule has 0 unspecified atom stereocenters. The third-order valence-electron chi connectivity index (χ3n) is 0.811. The second kappa shape index (κ2) is 3.28. The van der Waals surface area contributed by atoms with Gasteiger partial charge in [0.15, 0.2) is 0 Å². The fourth-order valence-electron chi connectivity index (χ4n) is 0.340. The number of hydrogen-bond acceptors (Lipinski definition) is 1. The summed E-state index contributed by atoms with van der Waals surface area (Å²) >= 11 is 0. The van der Waals surface area contributed by atoms with Crippen LogP contribution in [0, 0.1) is 0 Å². The largest absolute Gasteiger partial charge is 0.345 e. The van der Waals surface area contributed by atoms with Gasteiger partial charge in [0.2, 0.25) is 5.91 Å². The first-order valence-electron chi connectivity index (χ1n) is 3.46. The molecule has 9 heavy (non-hydrogen) atoms. The van der Waals surface area contributed by atoms with Gasteiger partial charge in [-0.25, -0.2) is 0 Å². The second-order valence-corrected chi connectivity index (χ2v) is 2.22. The van der Waals surface area contributed by atoms with E-state index >= 15 is 0 Å². The molecular formula is C7H13NO. The Hall–Kier alpha value is -0.790. The standard InChI is InChI=1S/C7H13NO/c1-6(2)5-7(9)8(3)4/h5H,1-4H3/i1D/b6-5-. The SMILES string of the molecule is [2H]C/C(C)=C/C(=O)N(C)C. The predicted molar refractivity (Wildman–Crippen MR) is 38.1 cm³/mol. The summed E-state index contributed by atoms with van der Waals surface area (Å²) in [6.07, 6.45) is 1.48. The van der Waals surface area contributed by atoms with Crippen molar-refractivity contribution in [3.05, 3.63) is 11.6 Å². The van der Waals surface area contributed by atoms with Gasteiger partial charge < -0.3 is 4.90 Å². The van der Waals surface area contributed by atoms with E-state index in [1.165, 1.54) is 11.0 Å². The monoisotopic (exact) mass is 128 g/mol. The van der Waals surface area contributed by atoms with E-state index in [0.29, 0.717) is 0 Å². The third-order valence-corrected chi connectivity index (χ3v) is 0.811. The lowest BCUT2D eigenvalue weighted by atomic mass is 10.3. The molecule has 1 amide bonds. The Labute approximate surface area is 57.6 Å². The molecule has 0 radical (unpaired) electrons. The Morgan fingerprint density at radius 2 is 2.22 bits per heavy atom. The van der Waals surface area contributed by atoms with Gasteiger partial charge in [-0.15, -0.1) is 0 Å². The van der Waals surface area contributed by atoms with Crippen LogP contribution in [0.2, 0.25) is 0 Å². The molecule has 0 aliphatic rings. The minimum Gasteiger partial charge on any atom is -0.345 e. The Morgan fingerprint density at radius 1 is 1.67 bits per heavy atom. The highest BCUT2D eigenvalue weighted by molar-refractivity contribution is 5.87. The average Bonchev–Trinajstić information content (AvgIpc) is 1.87. The number of nitrogens with zero attached hydrogens (tertiary/aromatic N) is 1. The topological polar surface area (TPSA) is 20.3 Å². The molecule has 0 saturated carbocycles. The summed E-state index contributed by atoms with van der Waals surface area (Å²) in [5.41, 5.74) is 0.790. The van der Waals surface area contributed by atoms with Gasteiger partial charge in [0.05, 0.1) is 0 Å². The number of allylic oxidation sites excluding steroid dienone is 1. The van der Waals surface area contributed by atoms with Crippen molar-refractivity contribution in [2.45, 2.75) is 13.8 Å². The van der Waals surface area contributed by atoms with Crippen LogP contribution in [0.1, 0.15) is 15.2 Å². The van der Waals surface area contributed by atoms with Gasteiger partial charge in [0.1, 0.15) is 0 Å². The molecule has 52 valence electrons. The van der Waals surface area contributed by atoms with Gasteiger partial charge in [0.25, 0.3) is 0 Å². The zero-order valence-corrected chi connectivity index (χ0v) is 6.14. The van der Waals surface area contributed by atoms with Crippen molar-refractivity contribution in [2.24, 2.45) is 0 Å². The van der Waals surface area contributed by atoms with E-state index in [9.17, 15) is 4.79 Å². The van der Waals surface area contributed by atoms with Crippen molar-refractivity contribution >= 4 is 5.91 Å². The highest BCUT2D eigenvalue weighted by atomic mass is 16.2. The van der Waals surface area contributed by atoms with Crippen LogP contribution in [0.4, 0.5) is 0 Å². The Morgan fingerprint density at radius 3 is 2.56 bits per heavy atom. The highest BCUT2D eigenvalue weighted by Crippen LogP contribution is 1.89. The van der Waals surface area contributed by atoms with Crippen LogP contribution in [0.5, 0.6) is 0 Å². The molecule has 0 atom stereocenters. The number of rotatable bonds is 1. The van der Waals surface area contributed by atoms with Crippen molar-refractivity contribution in [2.75, 3.05) is 14.1 Å². The van der Waals surface area contributed by atoms with Gasteiger partial charge in [-0.05, 0) is 13.8 Å². The molecule has 0 aromatic carbocycles. The number of carbonyl (C=O) groups excluding carboxylic acids is 1. The van der Waals surface area contributed by atoms with Gasteiger partial charge in [0, 0.05) is 21.5 Å². The molecule has 0 aromatic rings. The fraction of sp³-hybridized carbons (Fsp3) is 0.571. The maximum atomic E-state index is 10.9. The summed E-state index contributed by atoms with van der Waals surface area (Å²) in [4.78, 5) is 12.4. The van der Waals surface area contributed by atoms with Gasteiger partial charge in [-0.3, -0.25) is 4.79 Å². The molecule has 0 spiro atoms. The molecule has 0 bridgehead atoms.